The molecule has 0 aromatic carbocycles. The van der Waals surface area contributed by atoms with E-state index >= 15 is 0 Å². The zero-order chi connectivity index (χ0) is 10.7. The Labute approximate surface area is 89.5 Å². The van der Waals surface area contributed by atoms with E-state index in [2.05, 4.69) is 4.90 Å². The highest BCUT2D eigenvalue weighted by atomic mass is 16.5. The minimum Gasteiger partial charge on any atom is -0.504 e. The number of hydrogen-bond acceptors (Lipinski definition) is 4. The molecule has 4 heteroatoms. The summed E-state index contributed by atoms with van der Waals surface area (Å²) in [5, 5.41) is 9.64. The quantitative estimate of drug-likeness (QED) is 0.736. The first kappa shape index (κ1) is 10.6. The van der Waals surface area contributed by atoms with E-state index in [1.807, 2.05) is 0 Å². The third-order valence-corrected chi connectivity index (χ3v) is 3.00. The minimum absolute atomic E-state index is 0.0211. The van der Waals surface area contributed by atoms with E-state index in [4.69, 9.17) is 4.74 Å². The van der Waals surface area contributed by atoms with E-state index in [0.29, 0.717) is 6.42 Å². The fraction of sp³-hybridized carbons (Fsp3) is 0.727. The molecule has 4 nitrogen and oxygen atoms in total. The minimum atomic E-state index is -0.0930. The number of aliphatic hydroxyl groups excluding tert-OH is 1. The summed E-state index contributed by atoms with van der Waals surface area (Å²) >= 11 is 0. The van der Waals surface area contributed by atoms with Gasteiger partial charge in [-0.3, -0.25) is 9.69 Å². The van der Waals surface area contributed by atoms with Crippen LogP contribution in [-0.4, -0.2) is 48.6 Å². The van der Waals surface area contributed by atoms with Gasteiger partial charge in [0.05, 0.1) is 13.2 Å². The Bertz CT molecular complexity index is 280. The monoisotopic (exact) mass is 211 g/mol. The van der Waals surface area contributed by atoms with Gasteiger partial charge in [-0.15, -0.1) is 0 Å². The van der Waals surface area contributed by atoms with Crippen LogP contribution in [0.25, 0.3) is 0 Å². The van der Waals surface area contributed by atoms with Gasteiger partial charge >= 0.3 is 0 Å². The molecule has 1 fully saturated rings. The summed E-state index contributed by atoms with van der Waals surface area (Å²) in [7, 11) is 0. The van der Waals surface area contributed by atoms with E-state index < -0.39 is 0 Å². The second kappa shape index (κ2) is 4.77. The predicted molar refractivity (Wildman–Crippen MR) is 55.8 cm³/mol. The van der Waals surface area contributed by atoms with Crippen molar-refractivity contribution in [2.45, 2.75) is 19.3 Å². The number of carbonyl (C=O) groups is 1. The first-order valence-corrected chi connectivity index (χ1v) is 5.51. The topological polar surface area (TPSA) is 49.8 Å². The fourth-order valence-electron chi connectivity index (χ4n) is 2.08. The second-order valence-corrected chi connectivity index (χ2v) is 4.12. The number of rotatable bonds is 2. The van der Waals surface area contributed by atoms with Gasteiger partial charge in [0.25, 0.3) is 0 Å². The first-order valence-electron chi connectivity index (χ1n) is 5.51. The van der Waals surface area contributed by atoms with Crippen LogP contribution in [0.4, 0.5) is 0 Å². The lowest BCUT2D eigenvalue weighted by atomic mass is 9.96. The molecule has 0 unspecified atom stereocenters. The molecule has 1 aliphatic carbocycles. The number of nitrogens with zero attached hydrogens (tertiary/aromatic N) is 1. The number of allylic oxidation sites excluding steroid dienone is 1. The number of morpholine rings is 1. The zero-order valence-electron chi connectivity index (χ0n) is 8.87. The van der Waals surface area contributed by atoms with Gasteiger partial charge in [-0.2, -0.15) is 0 Å². The summed E-state index contributed by atoms with van der Waals surface area (Å²) < 4.78 is 5.25. The van der Waals surface area contributed by atoms with Crippen LogP contribution in [0.15, 0.2) is 11.3 Å². The number of ketones is 1. The molecule has 0 amide bonds. The average Bonchev–Trinajstić information content (AvgIpc) is 2.26. The van der Waals surface area contributed by atoms with Crippen LogP contribution in [0.5, 0.6) is 0 Å². The number of Topliss-reactive ketones (excluding diaryl/α,β-unsaturated/α-hetero) is 1. The van der Waals surface area contributed by atoms with E-state index in [0.717, 1.165) is 51.3 Å². The van der Waals surface area contributed by atoms with Gasteiger partial charge in [-0.25, -0.2) is 0 Å². The van der Waals surface area contributed by atoms with Crippen molar-refractivity contribution in [3.8, 4) is 0 Å². The maximum atomic E-state index is 11.3. The Morgan fingerprint density at radius 2 is 2.00 bits per heavy atom. The Hall–Kier alpha value is -0.870. The van der Waals surface area contributed by atoms with Crippen LogP contribution < -0.4 is 0 Å². The molecule has 1 N–H and O–H groups in total. The Kier molecular flexibility index (Phi) is 3.38. The number of carbonyl (C=O) groups excluding carboxylic acids is 1. The van der Waals surface area contributed by atoms with Crippen LogP contribution in [0, 0.1) is 0 Å². The molecule has 1 heterocycles. The standard InChI is InChI=1S/C11H17NO3/c13-10-3-1-2-9(11(10)14)8-12-4-6-15-7-5-12/h14H,1-8H2. The van der Waals surface area contributed by atoms with Gasteiger partial charge < -0.3 is 9.84 Å². The molecule has 0 aromatic heterocycles. The van der Waals surface area contributed by atoms with Crippen LogP contribution in [0.3, 0.4) is 0 Å². The van der Waals surface area contributed by atoms with Crippen molar-refractivity contribution in [3.05, 3.63) is 11.3 Å². The highest BCUT2D eigenvalue weighted by Crippen LogP contribution is 2.21. The molecular formula is C11H17NO3. The van der Waals surface area contributed by atoms with Crippen molar-refractivity contribution >= 4 is 5.78 Å². The van der Waals surface area contributed by atoms with Crippen molar-refractivity contribution in [2.75, 3.05) is 32.8 Å². The Balaban J connectivity index is 1.97. The summed E-state index contributed by atoms with van der Waals surface area (Å²) in [6.45, 7) is 4.01. The van der Waals surface area contributed by atoms with Crippen LogP contribution in [0.1, 0.15) is 19.3 Å². The third kappa shape index (κ3) is 2.58. The number of aliphatic hydroxyl groups is 1. The number of hydrogen-bond donors (Lipinski definition) is 1. The molecule has 84 valence electrons. The summed E-state index contributed by atoms with van der Waals surface area (Å²) in [4.78, 5) is 13.5. The predicted octanol–water partition coefficient (Wildman–Crippen LogP) is 0.884. The molecule has 0 spiro atoms. The van der Waals surface area contributed by atoms with Gasteiger partial charge in [-0.05, 0) is 18.4 Å². The number of ether oxygens (including phenoxy) is 1. The Morgan fingerprint density at radius 3 is 2.73 bits per heavy atom. The average molecular weight is 211 g/mol. The molecule has 15 heavy (non-hydrogen) atoms. The molecule has 2 rings (SSSR count). The SMILES string of the molecule is O=C1CCCC(CN2CCOCC2)=C1O. The van der Waals surface area contributed by atoms with Crippen molar-refractivity contribution in [1.82, 2.24) is 4.90 Å². The van der Waals surface area contributed by atoms with Crippen LogP contribution >= 0.6 is 0 Å². The molecule has 1 saturated heterocycles. The van der Waals surface area contributed by atoms with Crippen LogP contribution in [-0.2, 0) is 9.53 Å². The fourth-order valence-corrected chi connectivity index (χ4v) is 2.08. The largest absolute Gasteiger partial charge is 0.504 e. The maximum Gasteiger partial charge on any atom is 0.197 e. The van der Waals surface area contributed by atoms with Crippen molar-refractivity contribution in [1.29, 1.82) is 0 Å². The van der Waals surface area contributed by atoms with E-state index in [-0.39, 0.29) is 11.5 Å². The lowest BCUT2D eigenvalue weighted by Crippen LogP contribution is -2.38. The summed E-state index contributed by atoms with van der Waals surface area (Å²) in [6.07, 6.45) is 2.23. The van der Waals surface area contributed by atoms with E-state index in [9.17, 15) is 9.90 Å². The van der Waals surface area contributed by atoms with Gasteiger partial charge in [0.2, 0.25) is 0 Å². The summed E-state index contributed by atoms with van der Waals surface area (Å²) in [6, 6.07) is 0. The molecule has 0 aromatic rings. The molecule has 0 radical (unpaired) electrons. The normalized spacial score (nSPS) is 24.7. The summed E-state index contributed by atoms with van der Waals surface area (Å²) in [5.41, 5.74) is 0.910. The highest BCUT2D eigenvalue weighted by Gasteiger charge is 2.22. The second-order valence-electron chi connectivity index (χ2n) is 4.12. The first-order chi connectivity index (χ1) is 7.27. The van der Waals surface area contributed by atoms with E-state index in [1.165, 1.54) is 0 Å². The lowest BCUT2D eigenvalue weighted by Gasteiger charge is -2.28. The molecular weight excluding hydrogens is 194 g/mol. The van der Waals surface area contributed by atoms with E-state index in [1.54, 1.807) is 0 Å². The lowest BCUT2D eigenvalue weighted by molar-refractivity contribution is -0.118. The molecule has 0 saturated carbocycles. The van der Waals surface area contributed by atoms with Crippen molar-refractivity contribution in [2.24, 2.45) is 0 Å². The Morgan fingerprint density at radius 1 is 1.27 bits per heavy atom. The van der Waals surface area contributed by atoms with Crippen LogP contribution in [0.2, 0.25) is 0 Å². The third-order valence-electron chi connectivity index (χ3n) is 3.00. The van der Waals surface area contributed by atoms with Gasteiger partial charge in [0, 0.05) is 26.1 Å². The smallest absolute Gasteiger partial charge is 0.197 e. The van der Waals surface area contributed by atoms with Crippen molar-refractivity contribution < 1.29 is 14.6 Å². The summed E-state index contributed by atoms with van der Waals surface area (Å²) in [5.74, 6) is -0.0720. The van der Waals surface area contributed by atoms with Gasteiger partial charge in [-0.1, -0.05) is 0 Å². The molecule has 0 atom stereocenters. The zero-order valence-corrected chi connectivity index (χ0v) is 8.87. The maximum absolute atomic E-state index is 11.3. The molecule has 1 aliphatic heterocycles. The molecule has 0 bridgehead atoms. The van der Waals surface area contributed by atoms with Gasteiger partial charge in [0.15, 0.2) is 11.5 Å². The highest BCUT2D eigenvalue weighted by molar-refractivity contribution is 5.94. The van der Waals surface area contributed by atoms with Gasteiger partial charge in [0.1, 0.15) is 0 Å². The van der Waals surface area contributed by atoms with Crippen molar-refractivity contribution in [3.63, 3.8) is 0 Å². The molecule has 2 aliphatic rings.